The van der Waals surface area contributed by atoms with Gasteiger partial charge in [-0.15, -0.1) is 0 Å². The van der Waals surface area contributed by atoms with Crippen LogP contribution in [0.25, 0.3) is 11.0 Å². The van der Waals surface area contributed by atoms with Crippen molar-refractivity contribution in [2.75, 3.05) is 0 Å². The Balaban J connectivity index is 1.84. The van der Waals surface area contributed by atoms with Crippen molar-refractivity contribution < 1.29 is 4.42 Å². The molecule has 108 valence electrons. The molecule has 0 bridgehead atoms. The molecule has 0 aliphatic rings. The summed E-state index contributed by atoms with van der Waals surface area (Å²) in [6.45, 7) is 6.42. The number of benzene rings is 1. The fourth-order valence-corrected chi connectivity index (χ4v) is 2.81. The minimum Gasteiger partial charge on any atom is -0.459 e. The van der Waals surface area contributed by atoms with Crippen molar-refractivity contribution in [2.45, 2.75) is 32.9 Å². The third kappa shape index (κ3) is 2.69. The van der Waals surface area contributed by atoms with E-state index in [2.05, 4.69) is 37.1 Å². The monoisotopic (exact) mass is 280 g/mol. The number of nitrogens with one attached hydrogen (secondary N) is 1. The molecular weight excluding hydrogens is 260 g/mol. The fourth-order valence-electron chi connectivity index (χ4n) is 2.81. The number of hydrogen-bond acceptors (Lipinski definition) is 3. The molecule has 0 radical (unpaired) electrons. The number of nitrogens with zero attached hydrogens (tertiary/aromatic N) is 1. The van der Waals surface area contributed by atoms with E-state index in [1.807, 2.05) is 42.7 Å². The van der Waals surface area contributed by atoms with Gasteiger partial charge in [0.15, 0.2) is 0 Å². The molecule has 0 aliphatic carbocycles. The number of aryl methyl sites for hydroxylation is 1. The normalized spacial score (nSPS) is 14.2. The molecule has 2 atom stereocenters. The summed E-state index contributed by atoms with van der Waals surface area (Å²) in [4.78, 5) is 4.06. The second-order valence-electron chi connectivity index (χ2n) is 5.48. The van der Waals surface area contributed by atoms with Crippen molar-refractivity contribution in [1.29, 1.82) is 0 Å². The lowest BCUT2D eigenvalue weighted by atomic mass is 10.1. The van der Waals surface area contributed by atoms with Crippen LogP contribution in [0, 0.1) is 6.92 Å². The highest BCUT2D eigenvalue weighted by atomic mass is 16.3. The van der Waals surface area contributed by atoms with E-state index in [9.17, 15) is 0 Å². The molecule has 0 fully saturated rings. The van der Waals surface area contributed by atoms with Crippen LogP contribution in [-0.4, -0.2) is 4.98 Å². The first-order valence-electron chi connectivity index (χ1n) is 7.31. The molecule has 1 aromatic carbocycles. The number of pyridine rings is 1. The molecule has 3 nitrogen and oxygen atoms in total. The van der Waals surface area contributed by atoms with Gasteiger partial charge >= 0.3 is 0 Å². The molecule has 1 unspecified atom stereocenters. The maximum Gasteiger partial charge on any atom is 0.134 e. The van der Waals surface area contributed by atoms with E-state index in [1.165, 1.54) is 16.5 Å². The third-order valence-electron chi connectivity index (χ3n) is 3.98. The van der Waals surface area contributed by atoms with Crippen molar-refractivity contribution in [3.63, 3.8) is 0 Å². The number of furan rings is 1. The SMILES string of the molecule is Cc1c(C(C)N[C@H](C)c2ccncc2)oc2ccccc12. The molecule has 21 heavy (non-hydrogen) atoms. The minimum absolute atomic E-state index is 0.153. The second kappa shape index (κ2) is 5.70. The van der Waals surface area contributed by atoms with Gasteiger partial charge in [0.1, 0.15) is 11.3 Å². The predicted molar refractivity (Wildman–Crippen MR) is 85.2 cm³/mol. The van der Waals surface area contributed by atoms with E-state index in [0.717, 1.165) is 11.3 Å². The first-order valence-corrected chi connectivity index (χ1v) is 7.31. The van der Waals surface area contributed by atoms with Crippen LogP contribution in [0.3, 0.4) is 0 Å². The number of rotatable bonds is 4. The summed E-state index contributed by atoms with van der Waals surface area (Å²) >= 11 is 0. The molecule has 3 rings (SSSR count). The van der Waals surface area contributed by atoms with Crippen molar-refractivity contribution in [3.8, 4) is 0 Å². The van der Waals surface area contributed by atoms with Gasteiger partial charge in [-0.25, -0.2) is 0 Å². The summed E-state index contributed by atoms with van der Waals surface area (Å²) in [5.41, 5.74) is 3.40. The number of aromatic nitrogens is 1. The Morgan fingerprint density at radius 3 is 2.43 bits per heavy atom. The quantitative estimate of drug-likeness (QED) is 0.762. The smallest absolute Gasteiger partial charge is 0.134 e. The second-order valence-corrected chi connectivity index (χ2v) is 5.48. The maximum atomic E-state index is 6.02. The molecule has 0 spiro atoms. The highest BCUT2D eigenvalue weighted by Crippen LogP contribution is 2.30. The highest BCUT2D eigenvalue weighted by Gasteiger charge is 2.18. The molecule has 3 aromatic rings. The van der Waals surface area contributed by atoms with Crippen molar-refractivity contribution in [3.05, 3.63) is 65.7 Å². The molecule has 3 heteroatoms. The zero-order chi connectivity index (χ0) is 14.8. The number of para-hydroxylation sites is 1. The van der Waals surface area contributed by atoms with Gasteiger partial charge < -0.3 is 9.73 Å². The Morgan fingerprint density at radius 1 is 1.00 bits per heavy atom. The average molecular weight is 280 g/mol. The lowest BCUT2D eigenvalue weighted by Crippen LogP contribution is -2.22. The summed E-state index contributed by atoms with van der Waals surface area (Å²) in [5.74, 6) is 1.01. The van der Waals surface area contributed by atoms with Gasteiger partial charge in [0.05, 0.1) is 6.04 Å². The summed E-state index contributed by atoms with van der Waals surface area (Å²) in [6, 6.07) is 12.7. The molecule has 0 saturated carbocycles. The summed E-state index contributed by atoms with van der Waals surface area (Å²) in [5, 5.41) is 4.79. The highest BCUT2D eigenvalue weighted by molar-refractivity contribution is 5.82. The van der Waals surface area contributed by atoms with E-state index in [4.69, 9.17) is 4.42 Å². The Labute approximate surface area is 125 Å². The van der Waals surface area contributed by atoms with Crippen LogP contribution >= 0.6 is 0 Å². The molecule has 1 N–H and O–H groups in total. The largest absolute Gasteiger partial charge is 0.459 e. The standard InChI is InChI=1S/C18H20N2O/c1-12-16-6-4-5-7-17(16)21-18(12)14(3)20-13(2)15-8-10-19-11-9-15/h4-11,13-14,20H,1-3H3/t13-,14?/m1/s1. The van der Waals surface area contributed by atoms with Crippen molar-refractivity contribution >= 4 is 11.0 Å². The molecule has 0 aliphatic heterocycles. The number of hydrogen-bond donors (Lipinski definition) is 1. The van der Waals surface area contributed by atoms with Gasteiger partial charge in [0.2, 0.25) is 0 Å². The van der Waals surface area contributed by atoms with Gasteiger partial charge in [-0.1, -0.05) is 18.2 Å². The van der Waals surface area contributed by atoms with Crippen LogP contribution in [0.4, 0.5) is 0 Å². The topological polar surface area (TPSA) is 38.1 Å². The van der Waals surface area contributed by atoms with Gasteiger partial charge in [-0.2, -0.15) is 0 Å². The lowest BCUT2D eigenvalue weighted by Gasteiger charge is -2.19. The fraction of sp³-hybridized carbons (Fsp3) is 0.278. The Bertz CT molecular complexity index is 733. The summed E-state index contributed by atoms with van der Waals surface area (Å²) in [7, 11) is 0. The third-order valence-corrected chi connectivity index (χ3v) is 3.98. The lowest BCUT2D eigenvalue weighted by molar-refractivity contribution is 0.414. The van der Waals surface area contributed by atoms with Gasteiger partial charge in [0, 0.05) is 23.8 Å². The predicted octanol–water partition coefficient (Wildman–Crippen LogP) is 4.55. The zero-order valence-corrected chi connectivity index (χ0v) is 12.6. The van der Waals surface area contributed by atoms with Crippen LogP contribution < -0.4 is 5.32 Å². The average Bonchev–Trinajstić information content (AvgIpc) is 2.86. The minimum atomic E-state index is 0.153. The zero-order valence-electron chi connectivity index (χ0n) is 12.6. The summed E-state index contributed by atoms with van der Waals surface area (Å²) in [6.07, 6.45) is 3.65. The Hall–Kier alpha value is -2.13. The van der Waals surface area contributed by atoms with E-state index in [0.29, 0.717) is 0 Å². The first kappa shape index (κ1) is 13.8. The molecule has 2 heterocycles. The number of fused-ring (bicyclic) bond motifs is 1. The van der Waals surface area contributed by atoms with Crippen LogP contribution in [0.1, 0.15) is 42.8 Å². The van der Waals surface area contributed by atoms with Gasteiger partial charge in [-0.05, 0) is 50.1 Å². The van der Waals surface area contributed by atoms with Crippen LogP contribution in [-0.2, 0) is 0 Å². The molecule has 2 aromatic heterocycles. The Morgan fingerprint density at radius 2 is 1.71 bits per heavy atom. The van der Waals surface area contributed by atoms with E-state index < -0.39 is 0 Å². The van der Waals surface area contributed by atoms with Gasteiger partial charge in [0.25, 0.3) is 0 Å². The Kier molecular flexibility index (Phi) is 3.76. The summed E-state index contributed by atoms with van der Waals surface area (Å²) < 4.78 is 6.02. The van der Waals surface area contributed by atoms with E-state index in [-0.39, 0.29) is 12.1 Å². The maximum absolute atomic E-state index is 6.02. The van der Waals surface area contributed by atoms with Crippen molar-refractivity contribution in [1.82, 2.24) is 10.3 Å². The van der Waals surface area contributed by atoms with Crippen LogP contribution in [0.15, 0.2) is 53.2 Å². The molecular formula is C18H20N2O. The molecule has 0 amide bonds. The van der Waals surface area contributed by atoms with Crippen LogP contribution in [0.2, 0.25) is 0 Å². The first-order chi connectivity index (χ1) is 10.2. The van der Waals surface area contributed by atoms with Crippen molar-refractivity contribution in [2.24, 2.45) is 0 Å². The van der Waals surface area contributed by atoms with Gasteiger partial charge in [-0.3, -0.25) is 4.98 Å². The van der Waals surface area contributed by atoms with E-state index >= 15 is 0 Å². The van der Waals surface area contributed by atoms with E-state index in [1.54, 1.807) is 0 Å². The van der Waals surface area contributed by atoms with Crippen LogP contribution in [0.5, 0.6) is 0 Å². The molecule has 0 saturated heterocycles.